The molecule has 2 aliphatic heterocycles. The predicted octanol–water partition coefficient (Wildman–Crippen LogP) is 3.20. The van der Waals surface area contributed by atoms with Crippen LogP contribution in [0.3, 0.4) is 0 Å². The average molecular weight is 594 g/mol. The molecule has 0 aromatic heterocycles. The Labute approximate surface area is 253 Å². The summed E-state index contributed by atoms with van der Waals surface area (Å²) in [6.07, 6.45) is 4.48. The first-order chi connectivity index (χ1) is 20.8. The van der Waals surface area contributed by atoms with Gasteiger partial charge < -0.3 is 29.5 Å². The van der Waals surface area contributed by atoms with E-state index in [4.69, 9.17) is 9.47 Å². The molecular formula is C33H43N3O7. The van der Waals surface area contributed by atoms with E-state index in [1.165, 1.54) is 12.0 Å². The van der Waals surface area contributed by atoms with Crippen molar-refractivity contribution in [1.29, 1.82) is 0 Å². The number of methoxy groups -OCH3 is 1. The third kappa shape index (κ3) is 6.87. The van der Waals surface area contributed by atoms with Gasteiger partial charge in [0.05, 0.1) is 32.5 Å². The van der Waals surface area contributed by atoms with Gasteiger partial charge in [-0.3, -0.25) is 14.5 Å². The Kier molecular flexibility index (Phi) is 9.68. The third-order valence-corrected chi connectivity index (χ3v) is 9.04. The molecular weight excluding hydrogens is 550 g/mol. The largest absolute Gasteiger partial charge is 0.494 e. The molecule has 10 heteroatoms. The first kappa shape index (κ1) is 31.0. The summed E-state index contributed by atoms with van der Waals surface area (Å²) in [6.45, 7) is 5.50. The number of amides is 2. The van der Waals surface area contributed by atoms with Crippen LogP contribution in [0.1, 0.15) is 76.8 Å². The van der Waals surface area contributed by atoms with E-state index in [0.29, 0.717) is 36.6 Å². The molecule has 0 radical (unpaired) electrons. The van der Waals surface area contributed by atoms with E-state index in [1.807, 2.05) is 17.9 Å². The molecule has 1 spiro atoms. The lowest BCUT2D eigenvalue weighted by atomic mass is 9.77. The van der Waals surface area contributed by atoms with E-state index in [-0.39, 0.29) is 49.5 Å². The lowest BCUT2D eigenvalue weighted by Crippen LogP contribution is -2.41. The van der Waals surface area contributed by atoms with Crippen LogP contribution in [0.15, 0.2) is 36.4 Å². The highest BCUT2D eigenvalue weighted by Gasteiger charge is 2.45. The molecule has 2 N–H and O–H groups in total. The highest BCUT2D eigenvalue weighted by Crippen LogP contribution is 2.45. The number of aliphatic hydroxyl groups is 2. The van der Waals surface area contributed by atoms with Crippen molar-refractivity contribution in [3.63, 3.8) is 0 Å². The quantitative estimate of drug-likeness (QED) is 0.360. The van der Waals surface area contributed by atoms with E-state index in [1.54, 1.807) is 24.3 Å². The van der Waals surface area contributed by atoms with Crippen molar-refractivity contribution in [3.05, 3.63) is 58.7 Å². The Balaban J connectivity index is 1.23. The Morgan fingerprint density at radius 3 is 2.30 bits per heavy atom. The summed E-state index contributed by atoms with van der Waals surface area (Å²) < 4.78 is 11.0. The summed E-state index contributed by atoms with van der Waals surface area (Å²) in [7, 11) is 1.41. The van der Waals surface area contributed by atoms with Gasteiger partial charge in [-0.15, -0.1) is 0 Å². The van der Waals surface area contributed by atoms with Crippen LogP contribution in [-0.2, 0) is 16.1 Å². The van der Waals surface area contributed by atoms with Gasteiger partial charge >= 0.3 is 5.97 Å². The van der Waals surface area contributed by atoms with Crippen LogP contribution >= 0.6 is 0 Å². The molecule has 0 unspecified atom stereocenters. The lowest BCUT2D eigenvalue weighted by Gasteiger charge is -2.39. The fraction of sp³-hybridized carbons (Fsp3) is 0.545. The molecule has 3 fully saturated rings. The monoisotopic (exact) mass is 593 g/mol. The molecule has 0 atom stereocenters. The number of carbonyl (C=O) groups excluding carboxylic acids is 3. The van der Waals surface area contributed by atoms with Gasteiger partial charge in [-0.25, -0.2) is 4.79 Å². The number of likely N-dealkylation sites (tertiary alicyclic amines) is 1. The third-order valence-electron chi connectivity index (χ3n) is 9.04. The van der Waals surface area contributed by atoms with Crippen molar-refractivity contribution in [3.8, 4) is 5.75 Å². The fourth-order valence-corrected chi connectivity index (χ4v) is 6.49. The van der Waals surface area contributed by atoms with Gasteiger partial charge in [0.15, 0.2) is 0 Å². The molecule has 0 bridgehead atoms. The first-order valence-corrected chi connectivity index (χ1v) is 15.3. The number of ether oxygens (including phenoxy) is 2. The van der Waals surface area contributed by atoms with Gasteiger partial charge in [0.1, 0.15) is 5.75 Å². The van der Waals surface area contributed by atoms with Crippen molar-refractivity contribution in [2.75, 3.05) is 64.6 Å². The Bertz CT molecular complexity index is 1310. The summed E-state index contributed by atoms with van der Waals surface area (Å²) >= 11 is 0. The van der Waals surface area contributed by atoms with Gasteiger partial charge in [-0.05, 0) is 99.0 Å². The van der Waals surface area contributed by atoms with Crippen LogP contribution in [0, 0.1) is 5.41 Å². The summed E-state index contributed by atoms with van der Waals surface area (Å²) in [5.41, 5.74) is 3.88. The maximum atomic E-state index is 13.2. The molecule has 232 valence electrons. The van der Waals surface area contributed by atoms with Gasteiger partial charge in [0.2, 0.25) is 5.91 Å². The van der Waals surface area contributed by atoms with Gasteiger partial charge in [0.25, 0.3) is 5.91 Å². The number of piperidine rings is 1. The van der Waals surface area contributed by atoms with Crippen molar-refractivity contribution in [2.45, 2.75) is 51.5 Å². The second-order valence-corrected chi connectivity index (χ2v) is 12.0. The zero-order valence-corrected chi connectivity index (χ0v) is 25.2. The highest BCUT2D eigenvalue weighted by molar-refractivity contribution is 5.98. The maximum absolute atomic E-state index is 13.2. The minimum Gasteiger partial charge on any atom is -0.494 e. The molecule has 2 amide bonds. The minimum absolute atomic E-state index is 0.0855. The molecule has 10 nitrogen and oxygen atoms in total. The molecule has 1 aliphatic carbocycles. The average Bonchev–Trinajstić information content (AvgIpc) is 3.81. The molecule has 43 heavy (non-hydrogen) atoms. The lowest BCUT2D eigenvalue weighted by molar-refractivity contribution is -0.118. The number of nitrogens with zero attached hydrogens (tertiary/aromatic N) is 3. The molecule has 2 saturated heterocycles. The van der Waals surface area contributed by atoms with Crippen molar-refractivity contribution >= 4 is 23.5 Å². The molecule has 1 saturated carbocycles. The normalized spacial score (nSPS) is 18.2. The van der Waals surface area contributed by atoms with Gasteiger partial charge in [-0.2, -0.15) is 0 Å². The van der Waals surface area contributed by atoms with Crippen LogP contribution < -0.4 is 9.64 Å². The van der Waals surface area contributed by atoms with Crippen LogP contribution in [0.5, 0.6) is 5.75 Å². The van der Waals surface area contributed by atoms with Crippen LogP contribution in [-0.4, -0.2) is 97.5 Å². The Morgan fingerprint density at radius 1 is 1.05 bits per heavy atom. The SMILES string of the molecule is CCOc1cc(C(=O)OC)c(C2CC2)cc1CN1CCC2(CC1)CC(=O)N(c1ccc(C(=O)N(CCO)CCO)cc1)C2. The number of carbonyl (C=O) groups is 3. The van der Waals surface area contributed by atoms with Gasteiger partial charge in [0, 0.05) is 49.4 Å². The molecule has 2 aromatic rings. The number of benzene rings is 2. The molecule has 2 heterocycles. The van der Waals surface area contributed by atoms with Crippen molar-refractivity contribution in [2.24, 2.45) is 5.41 Å². The summed E-state index contributed by atoms with van der Waals surface area (Å²) in [5.74, 6) is 0.642. The Morgan fingerprint density at radius 2 is 1.72 bits per heavy atom. The van der Waals surface area contributed by atoms with Crippen LogP contribution in [0.4, 0.5) is 5.69 Å². The second kappa shape index (κ2) is 13.4. The highest BCUT2D eigenvalue weighted by atomic mass is 16.5. The zero-order chi connectivity index (χ0) is 30.6. The van der Waals surface area contributed by atoms with E-state index in [2.05, 4.69) is 11.0 Å². The first-order valence-electron chi connectivity index (χ1n) is 15.3. The molecule has 2 aromatic carbocycles. The Hall–Kier alpha value is -3.47. The fourth-order valence-electron chi connectivity index (χ4n) is 6.49. The van der Waals surface area contributed by atoms with Crippen LogP contribution in [0.25, 0.3) is 0 Å². The van der Waals surface area contributed by atoms with E-state index >= 15 is 0 Å². The summed E-state index contributed by atoms with van der Waals surface area (Å²) in [5, 5.41) is 18.5. The number of esters is 1. The molecule has 3 aliphatic rings. The second-order valence-electron chi connectivity index (χ2n) is 12.0. The summed E-state index contributed by atoms with van der Waals surface area (Å²) in [4.78, 5) is 44.1. The van der Waals surface area contributed by atoms with E-state index in [0.717, 1.165) is 67.9 Å². The zero-order valence-electron chi connectivity index (χ0n) is 25.2. The smallest absolute Gasteiger partial charge is 0.338 e. The van der Waals surface area contributed by atoms with Gasteiger partial charge in [-0.1, -0.05) is 0 Å². The van der Waals surface area contributed by atoms with E-state index in [9.17, 15) is 24.6 Å². The molecule has 5 rings (SSSR count). The maximum Gasteiger partial charge on any atom is 0.338 e. The van der Waals surface area contributed by atoms with Crippen molar-refractivity contribution in [1.82, 2.24) is 9.80 Å². The standard InChI is InChI=1S/C33H43N3O7/c1-3-43-29-19-28(32(41)42-2)27(23-4-5-23)18-25(29)21-34-12-10-33(11-13-34)20-30(39)36(22-33)26-8-6-24(7-9-26)31(40)35(14-16-37)15-17-38/h6-9,18-19,23,37-38H,3-5,10-17,20-22H2,1-2H3. The van der Waals surface area contributed by atoms with Crippen molar-refractivity contribution < 1.29 is 34.1 Å². The minimum atomic E-state index is -0.323. The summed E-state index contributed by atoms with van der Waals surface area (Å²) in [6, 6.07) is 11.0. The number of anilines is 1. The topological polar surface area (TPSA) is 120 Å². The number of aliphatic hydroxyl groups excluding tert-OH is 2. The predicted molar refractivity (Wildman–Crippen MR) is 161 cm³/mol. The number of hydrogen-bond acceptors (Lipinski definition) is 8. The van der Waals surface area contributed by atoms with Crippen LogP contribution in [0.2, 0.25) is 0 Å². The number of rotatable bonds is 12. The number of hydrogen-bond donors (Lipinski definition) is 2. The van der Waals surface area contributed by atoms with E-state index < -0.39 is 0 Å².